The molecule has 1 aliphatic heterocycles. The lowest BCUT2D eigenvalue weighted by molar-refractivity contribution is 0.0879. The molecular weight excluding hydrogens is 328 g/mol. The number of β-amino-alcohol motifs (C(OH)–C–C–N with tert-alkyl or cyclic N) is 1. The van der Waals surface area contributed by atoms with E-state index in [2.05, 4.69) is 10.2 Å². The van der Waals surface area contributed by atoms with Crippen LogP contribution in [0.5, 0.6) is 5.75 Å². The van der Waals surface area contributed by atoms with E-state index in [-0.39, 0.29) is 18.2 Å². The van der Waals surface area contributed by atoms with Gasteiger partial charge in [0.05, 0.1) is 6.10 Å². The minimum Gasteiger partial charge on any atom is -0.507 e. The van der Waals surface area contributed by atoms with Gasteiger partial charge >= 0.3 is 0 Å². The molecule has 2 aromatic carbocycles. The quantitative estimate of drug-likeness (QED) is 0.745. The largest absolute Gasteiger partial charge is 0.507 e. The van der Waals surface area contributed by atoms with E-state index in [0.29, 0.717) is 12.1 Å². The highest BCUT2D eigenvalue weighted by Gasteiger charge is 2.16. The van der Waals surface area contributed by atoms with E-state index in [0.717, 1.165) is 29.8 Å². The summed E-state index contributed by atoms with van der Waals surface area (Å²) in [6, 6.07) is 12.6. The van der Waals surface area contributed by atoms with Crippen LogP contribution in [0.15, 0.2) is 42.5 Å². The van der Waals surface area contributed by atoms with Crippen LogP contribution in [0.2, 0.25) is 0 Å². The maximum atomic E-state index is 12.3. The lowest BCUT2D eigenvalue weighted by Gasteiger charge is -2.19. The molecular formula is C21H26N2O3. The van der Waals surface area contributed by atoms with Gasteiger partial charge in [0.15, 0.2) is 0 Å². The summed E-state index contributed by atoms with van der Waals surface area (Å²) in [5.41, 5.74) is 3.20. The maximum absolute atomic E-state index is 12.3. The monoisotopic (exact) mass is 354 g/mol. The lowest BCUT2D eigenvalue weighted by Crippen LogP contribution is -2.39. The fraction of sp³-hybridized carbons (Fsp3) is 0.381. The molecule has 1 amide bonds. The van der Waals surface area contributed by atoms with E-state index in [1.165, 1.54) is 12.8 Å². The molecule has 1 heterocycles. The molecule has 1 saturated heterocycles. The van der Waals surface area contributed by atoms with Crippen molar-refractivity contribution in [3.63, 3.8) is 0 Å². The Morgan fingerprint density at radius 2 is 1.85 bits per heavy atom. The molecule has 1 fully saturated rings. The molecule has 138 valence electrons. The van der Waals surface area contributed by atoms with Crippen molar-refractivity contribution in [3.05, 3.63) is 53.6 Å². The number of aryl methyl sites for hydroxylation is 1. The van der Waals surface area contributed by atoms with Crippen LogP contribution in [0.1, 0.15) is 28.8 Å². The molecule has 5 nitrogen and oxygen atoms in total. The van der Waals surface area contributed by atoms with E-state index in [1.54, 1.807) is 18.2 Å². The number of nitrogens with zero attached hydrogens (tertiary/aromatic N) is 1. The number of phenolic OH excluding ortho intramolecular Hbond substituents is 1. The molecule has 3 N–H and O–H groups in total. The third kappa shape index (κ3) is 4.62. The minimum atomic E-state index is -0.555. The van der Waals surface area contributed by atoms with E-state index >= 15 is 0 Å². The molecule has 26 heavy (non-hydrogen) atoms. The second kappa shape index (κ2) is 8.34. The minimum absolute atomic E-state index is 0.203. The molecule has 0 bridgehead atoms. The summed E-state index contributed by atoms with van der Waals surface area (Å²) in [4.78, 5) is 14.5. The molecule has 0 saturated carbocycles. The molecule has 5 heteroatoms. The SMILES string of the molecule is Cc1ccc(O)c(-c2ccc(C(=O)NC[C@@H](O)CN3CCCC3)cc2)c1. The average molecular weight is 354 g/mol. The van der Waals surface area contributed by atoms with Crippen LogP contribution in [-0.2, 0) is 0 Å². The fourth-order valence-corrected chi connectivity index (χ4v) is 3.32. The number of amides is 1. The molecule has 0 unspecified atom stereocenters. The Bertz CT molecular complexity index is 752. The fourth-order valence-electron chi connectivity index (χ4n) is 3.32. The zero-order valence-electron chi connectivity index (χ0n) is 15.1. The predicted molar refractivity (Wildman–Crippen MR) is 102 cm³/mol. The predicted octanol–water partition coefficient (Wildman–Crippen LogP) is 2.55. The zero-order chi connectivity index (χ0) is 18.5. The molecule has 0 aliphatic carbocycles. The van der Waals surface area contributed by atoms with Crippen LogP contribution in [0.25, 0.3) is 11.1 Å². The highest BCUT2D eigenvalue weighted by Crippen LogP contribution is 2.30. The van der Waals surface area contributed by atoms with E-state index in [9.17, 15) is 15.0 Å². The Morgan fingerprint density at radius 1 is 1.15 bits per heavy atom. The average Bonchev–Trinajstić information content (AvgIpc) is 3.15. The van der Waals surface area contributed by atoms with E-state index in [4.69, 9.17) is 0 Å². The Morgan fingerprint density at radius 3 is 2.54 bits per heavy atom. The van der Waals surface area contributed by atoms with Gasteiger partial charge in [0.25, 0.3) is 5.91 Å². The Balaban J connectivity index is 1.57. The van der Waals surface area contributed by atoms with Crippen molar-refractivity contribution in [2.75, 3.05) is 26.2 Å². The normalized spacial score (nSPS) is 15.8. The molecule has 0 spiro atoms. The van der Waals surface area contributed by atoms with Crippen molar-refractivity contribution in [3.8, 4) is 16.9 Å². The van der Waals surface area contributed by atoms with Crippen LogP contribution >= 0.6 is 0 Å². The third-order valence-corrected chi connectivity index (χ3v) is 4.78. The Labute approximate surface area is 154 Å². The number of aromatic hydroxyl groups is 1. The van der Waals surface area contributed by atoms with Crippen LogP contribution in [0, 0.1) is 6.92 Å². The van der Waals surface area contributed by atoms with Crippen LogP contribution < -0.4 is 5.32 Å². The van der Waals surface area contributed by atoms with Gasteiger partial charge in [0, 0.05) is 24.2 Å². The summed E-state index contributed by atoms with van der Waals surface area (Å²) in [6.45, 7) is 4.87. The van der Waals surface area contributed by atoms with E-state index in [1.807, 2.05) is 31.2 Å². The first kappa shape index (κ1) is 18.4. The van der Waals surface area contributed by atoms with Crippen molar-refractivity contribution >= 4 is 5.91 Å². The maximum Gasteiger partial charge on any atom is 0.251 e. The number of hydrogen-bond acceptors (Lipinski definition) is 4. The lowest BCUT2D eigenvalue weighted by atomic mass is 10.0. The highest BCUT2D eigenvalue weighted by atomic mass is 16.3. The van der Waals surface area contributed by atoms with Gasteiger partial charge in [0.1, 0.15) is 5.75 Å². The number of hydrogen-bond donors (Lipinski definition) is 3. The smallest absolute Gasteiger partial charge is 0.251 e. The van der Waals surface area contributed by atoms with Crippen molar-refractivity contribution < 1.29 is 15.0 Å². The molecule has 0 radical (unpaired) electrons. The van der Waals surface area contributed by atoms with Crippen molar-refractivity contribution in [2.24, 2.45) is 0 Å². The number of benzene rings is 2. The molecule has 0 aromatic heterocycles. The first-order chi connectivity index (χ1) is 12.5. The summed E-state index contributed by atoms with van der Waals surface area (Å²) in [6.07, 6.45) is 1.81. The Kier molecular flexibility index (Phi) is 5.91. The van der Waals surface area contributed by atoms with Gasteiger partial charge < -0.3 is 20.4 Å². The standard InChI is InChI=1S/C21H26N2O3/c1-15-4-9-20(25)19(12-15)16-5-7-17(8-6-16)21(26)22-13-18(24)14-23-10-2-3-11-23/h4-9,12,18,24-25H,2-3,10-11,13-14H2,1H3,(H,22,26)/t18-/m1/s1. The molecule has 1 aliphatic rings. The van der Waals surface area contributed by atoms with Gasteiger partial charge in [-0.15, -0.1) is 0 Å². The van der Waals surface area contributed by atoms with Gasteiger partial charge in [-0.1, -0.05) is 23.8 Å². The number of phenols is 1. The van der Waals surface area contributed by atoms with Gasteiger partial charge in [-0.25, -0.2) is 0 Å². The van der Waals surface area contributed by atoms with Crippen molar-refractivity contribution in [1.82, 2.24) is 10.2 Å². The number of carbonyl (C=O) groups is 1. The summed E-state index contributed by atoms with van der Waals surface area (Å²) < 4.78 is 0. The van der Waals surface area contributed by atoms with Gasteiger partial charge in [0.2, 0.25) is 0 Å². The molecule has 2 aromatic rings. The number of likely N-dealkylation sites (tertiary alicyclic amines) is 1. The highest BCUT2D eigenvalue weighted by molar-refractivity contribution is 5.94. The number of nitrogens with one attached hydrogen (secondary N) is 1. The summed E-state index contributed by atoms with van der Waals surface area (Å²) in [5, 5.41) is 22.9. The van der Waals surface area contributed by atoms with Gasteiger partial charge in [-0.3, -0.25) is 4.79 Å². The first-order valence-electron chi connectivity index (χ1n) is 9.11. The van der Waals surface area contributed by atoms with Crippen molar-refractivity contribution in [1.29, 1.82) is 0 Å². The number of aliphatic hydroxyl groups is 1. The van der Waals surface area contributed by atoms with Gasteiger partial charge in [-0.2, -0.15) is 0 Å². The first-order valence-corrected chi connectivity index (χ1v) is 9.11. The topological polar surface area (TPSA) is 72.8 Å². The van der Waals surface area contributed by atoms with Gasteiger partial charge in [-0.05, 0) is 62.7 Å². The number of aliphatic hydroxyl groups excluding tert-OH is 1. The van der Waals surface area contributed by atoms with E-state index < -0.39 is 6.10 Å². The zero-order valence-corrected chi connectivity index (χ0v) is 15.1. The van der Waals surface area contributed by atoms with Crippen LogP contribution in [0.3, 0.4) is 0 Å². The number of rotatable bonds is 6. The number of carbonyl (C=O) groups excluding carboxylic acids is 1. The van der Waals surface area contributed by atoms with Crippen LogP contribution in [-0.4, -0.2) is 53.3 Å². The summed E-state index contributed by atoms with van der Waals surface area (Å²) in [5.74, 6) is 0.0170. The van der Waals surface area contributed by atoms with Crippen molar-refractivity contribution in [2.45, 2.75) is 25.9 Å². The summed E-state index contributed by atoms with van der Waals surface area (Å²) >= 11 is 0. The van der Waals surface area contributed by atoms with Crippen LogP contribution in [0.4, 0.5) is 0 Å². The summed E-state index contributed by atoms with van der Waals surface area (Å²) in [7, 11) is 0. The molecule has 3 rings (SSSR count). The third-order valence-electron chi connectivity index (χ3n) is 4.78. The second-order valence-corrected chi connectivity index (χ2v) is 6.97. The molecule has 1 atom stereocenters. The second-order valence-electron chi connectivity index (χ2n) is 6.97. The Hall–Kier alpha value is -2.37.